The molecule has 1 heterocycles. The van der Waals surface area contributed by atoms with Crippen LogP contribution in [-0.2, 0) is 5.88 Å². The molecule has 0 bridgehead atoms. The SMILES string of the molecule is CC1CCC(Oc2ncc(F)cc2CCl)CC1. The molecular weight excluding hydrogens is 241 g/mol. The predicted molar refractivity (Wildman–Crippen MR) is 65.8 cm³/mol. The Balaban J connectivity index is 2.03. The van der Waals surface area contributed by atoms with Gasteiger partial charge in [-0.15, -0.1) is 11.6 Å². The molecule has 1 fully saturated rings. The number of alkyl halides is 1. The van der Waals surface area contributed by atoms with Gasteiger partial charge in [0.2, 0.25) is 5.88 Å². The molecule has 0 atom stereocenters. The van der Waals surface area contributed by atoms with Crippen molar-refractivity contribution in [1.29, 1.82) is 0 Å². The molecule has 1 saturated carbocycles. The molecule has 0 spiro atoms. The zero-order valence-electron chi connectivity index (χ0n) is 9.96. The number of ether oxygens (including phenoxy) is 1. The summed E-state index contributed by atoms with van der Waals surface area (Å²) in [5.74, 6) is 1.12. The van der Waals surface area contributed by atoms with Crippen LogP contribution in [0, 0.1) is 11.7 Å². The zero-order chi connectivity index (χ0) is 12.3. The molecular formula is C13H17ClFNO. The average molecular weight is 258 g/mol. The maximum absolute atomic E-state index is 13.0. The molecule has 0 unspecified atom stereocenters. The summed E-state index contributed by atoms with van der Waals surface area (Å²) in [6.45, 7) is 2.26. The second-order valence-electron chi connectivity index (χ2n) is 4.75. The van der Waals surface area contributed by atoms with Crippen molar-refractivity contribution in [3.05, 3.63) is 23.6 Å². The average Bonchev–Trinajstić information content (AvgIpc) is 2.34. The molecule has 1 aromatic heterocycles. The van der Waals surface area contributed by atoms with Crippen LogP contribution in [0.4, 0.5) is 4.39 Å². The van der Waals surface area contributed by atoms with E-state index in [1.165, 1.54) is 25.1 Å². The highest BCUT2D eigenvalue weighted by atomic mass is 35.5. The molecule has 17 heavy (non-hydrogen) atoms. The Kier molecular flexibility index (Phi) is 4.21. The van der Waals surface area contributed by atoms with Crippen LogP contribution in [0.2, 0.25) is 0 Å². The smallest absolute Gasteiger partial charge is 0.218 e. The van der Waals surface area contributed by atoms with E-state index in [4.69, 9.17) is 16.3 Å². The van der Waals surface area contributed by atoms with Gasteiger partial charge >= 0.3 is 0 Å². The molecule has 0 radical (unpaired) electrons. The molecule has 4 heteroatoms. The van der Waals surface area contributed by atoms with Gasteiger partial charge in [0.15, 0.2) is 0 Å². The number of halogens is 2. The van der Waals surface area contributed by atoms with Crippen LogP contribution < -0.4 is 4.74 Å². The van der Waals surface area contributed by atoms with Gasteiger partial charge in [0.05, 0.1) is 12.1 Å². The summed E-state index contributed by atoms with van der Waals surface area (Å²) >= 11 is 5.76. The van der Waals surface area contributed by atoms with Crippen LogP contribution in [0.1, 0.15) is 38.2 Å². The molecule has 1 aromatic rings. The summed E-state index contributed by atoms with van der Waals surface area (Å²) in [5.41, 5.74) is 0.630. The van der Waals surface area contributed by atoms with Crippen LogP contribution in [0.5, 0.6) is 5.88 Å². The van der Waals surface area contributed by atoms with Gasteiger partial charge in [0.25, 0.3) is 0 Å². The van der Waals surface area contributed by atoms with Crippen LogP contribution in [-0.4, -0.2) is 11.1 Å². The van der Waals surface area contributed by atoms with Gasteiger partial charge < -0.3 is 4.74 Å². The third kappa shape index (κ3) is 3.32. The Bertz CT molecular complexity index is 378. The minimum atomic E-state index is -0.370. The molecule has 94 valence electrons. The molecule has 2 nitrogen and oxygen atoms in total. The van der Waals surface area contributed by atoms with Gasteiger partial charge in [0.1, 0.15) is 11.9 Å². The lowest BCUT2D eigenvalue weighted by molar-refractivity contribution is 0.129. The highest BCUT2D eigenvalue weighted by Gasteiger charge is 2.21. The maximum Gasteiger partial charge on any atom is 0.218 e. The molecule has 0 aromatic carbocycles. The van der Waals surface area contributed by atoms with Gasteiger partial charge in [-0.1, -0.05) is 6.92 Å². The van der Waals surface area contributed by atoms with E-state index < -0.39 is 0 Å². The molecule has 0 amide bonds. The lowest BCUT2D eigenvalue weighted by Crippen LogP contribution is -2.23. The van der Waals surface area contributed by atoms with Crippen molar-refractivity contribution in [3.63, 3.8) is 0 Å². The second-order valence-corrected chi connectivity index (χ2v) is 5.02. The van der Waals surface area contributed by atoms with Gasteiger partial charge in [-0.25, -0.2) is 9.37 Å². The van der Waals surface area contributed by atoms with Crippen molar-refractivity contribution in [1.82, 2.24) is 4.98 Å². The van der Waals surface area contributed by atoms with Gasteiger partial charge in [-0.3, -0.25) is 0 Å². The normalized spacial score (nSPS) is 24.6. The number of pyridine rings is 1. The first kappa shape index (κ1) is 12.6. The minimum Gasteiger partial charge on any atom is -0.474 e. The first-order chi connectivity index (χ1) is 8.19. The summed E-state index contributed by atoms with van der Waals surface area (Å²) in [5, 5.41) is 0. The number of hydrogen-bond acceptors (Lipinski definition) is 2. The second kappa shape index (κ2) is 5.67. The Hall–Kier alpha value is -0.830. The Labute approximate surface area is 106 Å². The predicted octanol–water partition coefficient (Wildman–Crippen LogP) is 3.92. The third-order valence-corrected chi connectivity index (χ3v) is 3.57. The molecule has 0 aliphatic heterocycles. The van der Waals surface area contributed by atoms with Crippen molar-refractivity contribution in [2.24, 2.45) is 5.92 Å². The fourth-order valence-electron chi connectivity index (χ4n) is 2.18. The lowest BCUT2D eigenvalue weighted by atomic mass is 9.89. The number of aromatic nitrogens is 1. The van der Waals surface area contributed by atoms with E-state index in [0.29, 0.717) is 11.4 Å². The number of hydrogen-bond donors (Lipinski definition) is 0. The molecule has 1 aliphatic carbocycles. The van der Waals surface area contributed by atoms with E-state index in [2.05, 4.69) is 11.9 Å². The van der Waals surface area contributed by atoms with Crippen LogP contribution in [0.25, 0.3) is 0 Å². The van der Waals surface area contributed by atoms with Crippen molar-refractivity contribution in [3.8, 4) is 5.88 Å². The third-order valence-electron chi connectivity index (χ3n) is 3.28. The van der Waals surface area contributed by atoms with Gasteiger partial charge in [0, 0.05) is 5.56 Å². The summed E-state index contributed by atoms with van der Waals surface area (Å²) < 4.78 is 18.8. The summed E-state index contributed by atoms with van der Waals surface area (Å²) in [6, 6.07) is 1.39. The number of rotatable bonds is 3. The molecule has 2 rings (SSSR count). The Morgan fingerprint density at radius 3 is 2.76 bits per heavy atom. The summed E-state index contributed by atoms with van der Waals surface area (Å²) in [6.07, 6.45) is 5.83. The van der Waals surface area contributed by atoms with Crippen molar-refractivity contribution < 1.29 is 9.13 Å². The summed E-state index contributed by atoms with van der Waals surface area (Å²) in [4.78, 5) is 3.98. The first-order valence-electron chi connectivity index (χ1n) is 6.06. The van der Waals surface area contributed by atoms with E-state index in [-0.39, 0.29) is 17.8 Å². The van der Waals surface area contributed by atoms with Crippen LogP contribution in [0.15, 0.2) is 12.3 Å². The topological polar surface area (TPSA) is 22.1 Å². The Morgan fingerprint density at radius 2 is 2.12 bits per heavy atom. The first-order valence-corrected chi connectivity index (χ1v) is 6.59. The van der Waals surface area contributed by atoms with E-state index in [1.807, 2.05) is 0 Å². The standard InChI is InChI=1S/C13H17ClFNO/c1-9-2-4-12(5-3-9)17-13-10(7-14)6-11(15)8-16-13/h6,8-9,12H,2-5,7H2,1H3. The maximum atomic E-state index is 13.0. The quantitative estimate of drug-likeness (QED) is 0.766. The van der Waals surface area contributed by atoms with Crippen LogP contribution >= 0.6 is 11.6 Å². The summed E-state index contributed by atoms with van der Waals surface area (Å²) in [7, 11) is 0. The molecule has 0 N–H and O–H groups in total. The minimum absolute atomic E-state index is 0.200. The van der Waals surface area contributed by atoms with Gasteiger partial charge in [-0.2, -0.15) is 0 Å². The highest BCUT2D eigenvalue weighted by molar-refractivity contribution is 6.17. The Morgan fingerprint density at radius 1 is 1.41 bits per heavy atom. The van der Waals surface area contributed by atoms with Crippen LogP contribution in [0.3, 0.4) is 0 Å². The lowest BCUT2D eigenvalue weighted by Gasteiger charge is -2.26. The molecule has 1 aliphatic rings. The van der Waals surface area contributed by atoms with Gasteiger partial charge in [-0.05, 0) is 37.7 Å². The highest BCUT2D eigenvalue weighted by Crippen LogP contribution is 2.28. The fourth-order valence-corrected chi connectivity index (χ4v) is 2.37. The monoisotopic (exact) mass is 257 g/mol. The van der Waals surface area contributed by atoms with E-state index in [0.717, 1.165) is 18.8 Å². The number of nitrogens with zero attached hydrogens (tertiary/aromatic N) is 1. The van der Waals surface area contributed by atoms with Crippen molar-refractivity contribution in [2.45, 2.75) is 44.6 Å². The zero-order valence-corrected chi connectivity index (χ0v) is 10.7. The van der Waals surface area contributed by atoms with E-state index in [9.17, 15) is 4.39 Å². The van der Waals surface area contributed by atoms with Crippen molar-refractivity contribution >= 4 is 11.6 Å². The van der Waals surface area contributed by atoms with E-state index in [1.54, 1.807) is 0 Å². The molecule has 0 saturated heterocycles. The largest absolute Gasteiger partial charge is 0.474 e. The van der Waals surface area contributed by atoms with Crippen molar-refractivity contribution in [2.75, 3.05) is 0 Å². The van der Waals surface area contributed by atoms with E-state index >= 15 is 0 Å². The fraction of sp³-hybridized carbons (Fsp3) is 0.615.